The van der Waals surface area contributed by atoms with Gasteiger partial charge in [0.2, 0.25) is 0 Å². The van der Waals surface area contributed by atoms with Crippen LogP contribution in [0.1, 0.15) is 25.7 Å². The third kappa shape index (κ3) is 2.61. The number of rotatable bonds is 3. The molecule has 1 N–H and O–H groups in total. The Morgan fingerprint density at radius 1 is 1.19 bits per heavy atom. The van der Waals surface area contributed by atoms with Gasteiger partial charge in [0.05, 0.1) is 25.4 Å². The van der Waals surface area contributed by atoms with Crippen molar-refractivity contribution >= 4 is 11.9 Å². The monoisotopic (exact) mass is 228 g/mol. The van der Waals surface area contributed by atoms with Crippen LogP contribution >= 0.6 is 0 Å². The Kier molecular flexibility index (Phi) is 4.06. The van der Waals surface area contributed by atoms with Gasteiger partial charge in [0.25, 0.3) is 0 Å². The lowest BCUT2D eigenvalue weighted by atomic mass is 9.91. The Labute approximate surface area is 94.0 Å². The maximum Gasteiger partial charge on any atom is 0.336 e. The first-order valence-corrected chi connectivity index (χ1v) is 5.14. The maximum atomic E-state index is 11.5. The Hall–Kier alpha value is -1.36. The van der Waals surface area contributed by atoms with Crippen molar-refractivity contribution < 1.29 is 24.2 Å². The van der Waals surface area contributed by atoms with E-state index >= 15 is 0 Å². The molecule has 0 spiro atoms. The molecule has 0 bridgehead atoms. The fourth-order valence-corrected chi connectivity index (χ4v) is 1.90. The van der Waals surface area contributed by atoms with E-state index in [4.69, 9.17) is 0 Å². The van der Waals surface area contributed by atoms with Gasteiger partial charge in [-0.3, -0.25) is 0 Å². The van der Waals surface area contributed by atoms with Crippen molar-refractivity contribution in [2.75, 3.05) is 14.2 Å². The summed E-state index contributed by atoms with van der Waals surface area (Å²) in [4.78, 5) is 22.6. The third-order valence-corrected chi connectivity index (χ3v) is 2.80. The Morgan fingerprint density at radius 3 is 2.19 bits per heavy atom. The highest BCUT2D eigenvalue weighted by Gasteiger charge is 2.39. The van der Waals surface area contributed by atoms with Gasteiger partial charge in [0, 0.05) is 6.08 Å². The minimum Gasteiger partial charge on any atom is -0.466 e. The lowest BCUT2D eigenvalue weighted by Crippen LogP contribution is -2.33. The van der Waals surface area contributed by atoms with Gasteiger partial charge in [0.15, 0.2) is 0 Å². The fraction of sp³-hybridized carbons (Fsp3) is 0.636. The molecule has 1 aliphatic rings. The molecule has 5 heteroatoms. The number of aliphatic hydroxyl groups is 1. The fourth-order valence-electron chi connectivity index (χ4n) is 1.90. The van der Waals surface area contributed by atoms with Crippen molar-refractivity contribution in [3.63, 3.8) is 0 Å². The minimum atomic E-state index is -1.25. The van der Waals surface area contributed by atoms with Gasteiger partial charge in [-0.1, -0.05) is 12.8 Å². The molecule has 1 aliphatic carbocycles. The SMILES string of the molecule is COC(=O)C=C(C(=O)OC)C1(O)CCCC1. The standard InChI is InChI=1S/C11H16O5/c1-15-9(12)7-8(10(13)16-2)11(14)5-3-4-6-11/h7,14H,3-6H2,1-2H3. The molecule has 1 saturated carbocycles. The highest BCUT2D eigenvalue weighted by molar-refractivity contribution is 5.98. The van der Waals surface area contributed by atoms with E-state index in [2.05, 4.69) is 9.47 Å². The van der Waals surface area contributed by atoms with Crippen LogP contribution in [0.4, 0.5) is 0 Å². The van der Waals surface area contributed by atoms with Gasteiger partial charge in [-0.2, -0.15) is 0 Å². The third-order valence-electron chi connectivity index (χ3n) is 2.80. The summed E-state index contributed by atoms with van der Waals surface area (Å²) in [6.45, 7) is 0. The largest absolute Gasteiger partial charge is 0.466 e. The van der Waals surface area contributed by atoms with Crippen molar-refractivity contribution in [1.29, 1.82) is 0 Å². The zero-order valence-electron chi connectivity index (χ0n) is 9.49. The molecule has 0 radical (unpaired) electrons. The average molecular weight is 228 g/mol. The van der Waals surface area contributed by atoms with E-state index < -0.39 is 17.5 Å². The second kappa shape index (κ2) is 5.12. The van der Waals surface area contributed by atoms with Crippen LogP contribution in [0.3, 0.4) is 0 Å². The van der Waals surface area contributed by atoms with E-state index in [0.717, 1.165) is 18.9 Å². The molecule has 0 aromatic heterocycles. The summed E-state index contributed by atoms with van der Waals surface area (Å²) in [7, 11) is 2.43. The zero-order chi connectivity index (χ0) is 12.2. The summed E-state index contributed by atoms with van der Waals surface area (Å²) in [6, 6.07) is 0. The van der Waals surface area contributed by atoms with Gasteiger partial charge in [0.1, 0.15) is 0 Å². The van der Waals surface area contributed by atoms with Crippen LogP contribution in [0.25, 0.3) is 0 Å². The molecule has 0 saturated heterocycles. The molecule has 90 valence electrons. The van der Waals surface area contributed by atoms with Gasteiger partial charge < -0.3 is 14.6 Å². The molecular formula is C11H16O5. The first kappa shape index (κ1) is 12.7. The van der Waals surface area contributed by atoms with Crippen LogP contribution in [0.5, 0.6) is 0 Å². The minimum absolute atomic E-state index is 0.0145. The number of hydrogen-bond donors (Lipinski definition) is 1. The normalized spacial score (nSPS) is 19.3. The van der Waals surface area contributed by atoms with Crippen LogP contribution in [0, 0.1) is 0 Å². The van der Waals surface area contributed by atoms with Crippen LogP contribution in [-0.2, 0) is 19.1 Å². The first-order valence-electron chi connectivity index (χ1n) is 5.14. The van der Waals surface area contributed by atoms with Crippen molar-refractivity contribution in [3.05, 3.63) is 11.6 Å². The van der Waals surface area contributed by atoms with E-state index in [1.54, 1.807) is 0 Å². The highest BCUT2D eigenvalue weighted by Crippen LogP contribution is 2.36. The van der Waals surface area contributed by atoms with E-state index in [9.17, 15) is 14.7 Å². The molecule has 1 fully saturated rings. The highest BCUT2D eigenvalue weighted by atomic mass is 16.5. The summed E-state index contributed by atoms with van der Waals surface area (Å²) < 4.78 is 9.01. The van der Waals surface area contributed by atoms with Crippen molar-refractivity contribution in [2.24, 2.45) is 0 Å². The van der Waals surface area contributed by atoms with Gasteiger partial charge in [-0.25, -0.2) is 9.59 Å². The molecule has 5 nitrogen and oxygen atoms in total. The number of ether oxygens (including phenoxy) is 2. The second-order valence-electron chi connectivity index (χ2n) is 3.81. The number of esters is 2. The molecule has 16 heavy (non-hydrogen) atoms. The average Bonchev–Trinajstić information content (AvgIpc) is 2.72. The zero-order valence-corrected chi connectivity index (χ0v) is 9.49. The molecule has 1 rings (SSSR count). The molecule has 0 aromatic rings. The molecule has 0 amide bonds. The smallest absolute Gasteiger partial charge is 0.336 e. The van der Waals surface area contributed by atoms with Gasteiger partial charge >= 0.3 is 11.9 Å². The maximum absolute atomic E-state index is 11.5. The Morgan fingerprint density at radius 2 is 1.75 bits per heavy atom. The Bertz CT molecular complexity index is 312. The van der Waals surface area contributed by atoms with Crippen LogP contribution in [-0.4, -0.2) is 36.9 Å². The summed E-state index contributed by atoms with van der Waals surface area (Å²) in [5, 5.41) is 10.2. The Balaban J connectivity index is 3.00. The molecule has 0 aromatic carbocycles. The quantitative estimate of drug-likeness (QED) is 0.564. The van der Waals surface area contributed by atoms with Crippen molar-refractivity contribution in [3.8, 4) is 0 Å². The molecule has 0 unspecified atom stereocenters. The predicted molar refractivity (Wildman–Crippen MR) is 55.5 cm³/mol. The van der Waals surface area contributed by atoms with E-state index in [0.29, 0.717) is 12.8 Å². The number of carbonyl (C=O) groups is 2. The topological polar surface area (TPSA) is 72.8 Å². The lowest BCUT2D eigenvalue weighted by molar-refractivity contribution is -0.140. The predicted octanol–water partition coefficient (Wildman–Crippen LogP) is 0.564. The number of methoxy groups -OCH3 is 2. The number of hydrogen-bond acceptors (Lipinski definition) is 5. The summed E-state index contributed by atoms with van der Waals surface area (Å²) in [6.07, 6.45) is 3.59. The second-order valence-corrected chi connectivity index (χ2v) is 3.81. The van der Waals surface area contributed by atoms with Crippen LogP contribution < -0.4 is 0 Å². The van der Waals surface area contributed by atoms with Crippen LogP contribution in [0.15, 0.2) is 11.6 Å². The van der Waals surface area contributed by atoms with Crippen LogP contribution in [0.2, 0.25) is 0 Å². The van der Waals surface area contributed by atoms with Crippen molar-refractivity contribution in [1.82, 2.24) is 0 Å². The van der Waals surface area contributed by atoms with E-state index in [1.807, 2.05) is 0 Å². The first-order chi connectivity index (χ1) is 7.53. The molecular weight excluding hydrogens is 212 g/mol. The molecule has 0 aliphatic heterocycles. The van der Waals surface area contributed by atoms with E-state index in [-0.39, 0.29) is 5.57 Å². The summed E-state index contributed by atoms with van der Waals surface area (Å²) >= 11 is 0. The molecule has 0 heterocycles. The number of carbonyl (C=O) groups excluding carboxylic acids is 2. The summed E-state index contributed by atoms with van der Waals surface area (Å²) in [5.41, 5.74) is -1.26. The van der Waals surface area contributed by atoms with Gasteiger partial charge in [-0.05, 0) is 12.8 Å². The van der Waals surface area contributed by atoms with Crippen molar-refractivity contribution in [2.45, 2.75) is 31.3 Å². The van der Waals surface area contributed by atoms with E-state index in [1.165, 1.54) is 14.2 Å². The lowest BCUT2D eigenvalue weighted by Gasteiger charge is -2.23. The summed E-state index contributed by atoms with van der Waals surface area (Å²) in [5.74, 6) is -1.35. The molecule has 0 atom stereocenters. The van der Waals surface area contributed by atoms with Gasteiger partial charge in [-0.15, -0.1) is 0 Å².